The van der Waals surface area contributed by atoms with Gasteiger partial charge in [-0.2, -0.15) is 8.42 Å². The van der Waals surface area contributed by atoms with E-state index in [4.69, 9.17) is 0 Å². The number of aromatic nitrogens is 3. The minimum absolute atomic E-state index is 0. The molecule has 1 heterocycles. The molecule has 0 aliphatic rings. The van der Waals surface area contributed by atoms with Crippen LogP contribution in [-0.2, 0) is 32.5 Å². The normalized spacial score (nSPS) is 11.2. The number of nitrogens with one attached hydrogen (secondary N) is 1. The van der Waals surface area contributed by atoms with Crippen molar-refractivity contribution in [3.8, 4) is 11.1 Å². The van der Waals surface area contributed by atoms with Gasteiger partial charge in [0, 0.05) is 27.9 Å². The Hall–Kier alpha value is -1.51. The Kier molecular flexibility index (Phi) is 4.07. The van der Waals surface area contributed by atoms with Crippen molar-refractivity contribution < 1.29 is 35.4 Å². The molecule has 0 fully saturated rings. The SMILES string of the molecule is O=S(=O)(O)c1c(-c2ccccc2)ccc2[nH]nnc12.[Ag]. The molecule has 0 saturated heterocycles. The van der Waals surface area contributed by atoms with E-state index in [-0.39, 0.29) is 32.8 Å². The molecule has 107 valence electrons. The van der Waals surface area contributed by atoms with Crippen LogP contribution in [0.3, 0.4) is 0 Å². The van der Waals surface area contributed by atoms with Gasteiger partial charge in [-0.3, -0.25) is 9.65 Å². The zero-order valence-corrected chi connectivity index (χ0v) is 12.2. The van der Waals surface area contributed by atoms with Gasteiger partial charge >= 0.3 is 0 Å². The summed E-state index contributed by atoms with van der Waals surface area (Å²) in [5.74, 6) is 0. The third-order valence-electron chi connectivity index (χ3n) is 2.79. The molecule has 6 nitrogen and oxygen atoms in total. The van der Waals surface area contributed by atoms with Crippen LogP contribution in [0.2, 0.25) is 0 Å². The van der Waals surface area contributed by atoms with Crippen molar-refractivity contribution in [3.05, 3.63) is 42.5 Å². The van der Waals surface area contributed by atoms with E-state index in [2.05, 4.69) is 15.4 Å². The molecule has 0 saturated carbocycles. The van der Waals surface area contributed by atoms with Gasteiger partial charge < -0.3 is 0 Å². The number of hydrogen-bond donors (Lipinski definition) is 2. The Balaban J connectivity index is 0.00000147. The summed E-state index contributed by atoms with van der Waals surface area (Å²) in [4.78, 5) is -0.232. The van der Waals surface area contributed by atoms with Crippen LogP contribution in [0, 0.1) is 0 Å². The maximum atomic E-state index is 11.6. The Morgan fingerprint density at radius 1 is 1.05 bits per heavy atom. The van der Waals surface area contributed by atoms with E-state index in [1.165, 1.54) is 0 Å². The standard InChI is InChI=1S/C12H9N3O3S.Ag/c16-19(17,18)12-9(8-4-2-1-3-5-8)6-7-10-11(12)14-15-13-10;/h1-7H,(H,13,14,15)(H,16,17,18);. The smallest absolute Gasteiger partial charge is 0.282 e. The summed E-state index contributed by atoms with van der Waals surface area (Å²) in [6, 6.07) is 12.2. The second-order valence-electron chi connectivity index (χ2n) is 3.99. The van der Waals surface area contributed by atoms with E-state index >= 15 is 0 Å². The molecule has 0 bridgehead atoms. The number of rotatable bonds is 2. The first-order valence-electron chi connectivity index (χ1n) is 5.44. The Bertz CT molecular complexity index is 847. The van der Waals surface area contributed by atoms with Crippen molar-refractivity contribution in [2.24, 2.45) is 0 Å². The summed E-state index contributed by atoms with van der Waals surface area (Å²) in [5, 5.41) is 9.86. The molecule has 0 atom stereocenters. The second-order valence-corrected chi connectivity index (χ2v) is 5.35. The van der Waals surface area contributed by atoms with Crippen LogP contribution in [0.4, 0.5) is 0 Å². The predicted octanol–water partition coefficient (Wildman–Crippen LogP) is 1.87. The van der Waals surface area contributed by atoms with Crippen molar-refractivity contribution in [2.45, 2.75) is 4.90 Å². The predicted molar refractivity (Wildman–Crippen MR) is 69.1 cm³/mol. The molecule has 20 heavy (non-hydrogen) atoms. The summed E-state index contributed by atoms with van der Waals surface area (Å²) < 4.78 is 32.7. The van der Waals surface area contributed by atoms with Gasteiger partial charge in [0.2, 0.25) is 0 Å². The third kappa shape index (κ3) is 2.54. The zero-order valence-electron chi connectivity index (χ0n) is 9.91. The van der Waals surface area contributed by atoms with Gasteiger partial charge in [0.05, 0.1) is 5.52 Å². The third-order valence-corrected chi connectivity index (χ3v) is 3.72. The first kappa shape index (κ1) is 14.9. The molecule has 2 aromatic carbocycles. The number of hydrogen-bond acceptors (Lipinski definition) is 4. The van der Waals surface area contributed by atoms with Crippen LogP contribution < -0.4 is 0 Å². The van der Waals surface area contributed by atoms with E-state index in [0.717, 1.165) is 0 Å². The molecule has 2 N–H and O–H groups in total. The average molecular weight is 383 g/mol. The van der Waals surface area contributed by atoms with Crippen LogP contribution in [-0.4, -0.2) is 28.4 Å². The Labute approximate surface area is 130 Å². The zero-order chi connectivity index (χ0) is 13.5. The van der Waals surface area contributed by atoms with E-state index in [1.807, 2.05) is 6.07 Å². The van der Waals surface area contributed by atoms with Crippen LogP contribution >= 0.6 is 0 Å². The largest absolute Gasteiger partial charge is 0.297 e. The minimum atomic E-state index is -4.40. The molecule has 8 heteroatoms. The molecular formula is C12H9AgN3O3S. The number of fused-ring (bicyclic) bond motifs is 1. The molecule has 1 radical (unpaired) electrons. The maximum absolute atomic E-state index is 11.6. The average Bonchev–Trinajstić information content (AvgIpc) is 2.85. The monoisotopic (exact) mass is 382 g/mol. The summed E-state index contributed by atoms with van der Waals surface area (Å²) in [6.45, 7) is 0. The van der Waals surface area contributed by atoms with Crippen LogP contribution in [0.25, 0.3) is 22.2 Å². The topological polar surface area (TPSA) is 95.9 Å². The molecule has 3 aromatic rings. The Morgan fingerprint density at radius 3 is 2.40 bits per heavy atom. The summed E-state index contributed by atoms with van der Waals surface area (Å²) in [6.07, 6.45) is 0. The van der Waals surface area contributed by atoms with Crippen molar-refractivity contribution in [3.63, 3.8) is 0 Å². The van der Waals surface area contributed by atoms with Gasteiger partial charge in [-0.05, 0) is 11.6 Å². The van der Waals surface area contributed by atoms with Crippen LogP contribution in [0.1, 0.15) is 0 Å². The number of H-pyrrole nitrogens is 1. The number of benzene rings is 2. The van der Waals surface area contributed by atoms with Crippen molar-refractivity contribution >= 4 is 21.2 Å². The van der Waals surface area contributed by atoms with Gasteiger partial charge in [0.1, 0.15) is 10.4 Å². The molecule has 3 rings (SSSR count). The fourth-order valence-electron chi connectivity index (χ4n) is 2.00. The molecule has 0 amide bonds. The second kappa shape index (κ2) is 5.47. The van der Waals surface area contributed by atoms with Gasteiger partial charge in [0.15, 0.2) is 0 Å². The van der Waals surface area contributed by atoms with Crippen molar-refractivity contribution in [1.29, 1.82) is 0 Å². The van der Waals surface area contributed by atoms with Gasteiger partial charge in [-0.1, -0.05) is 41.6 Å². The quantitative estimate of drug-likeness (QED) is 0.520. The van der Waals surface area contributed by atoms with Gasteiger partial charge in [-0.15, -0.1) is 5.10 Å². The molecule has 1 aromatic heterocycles. The Morgan fingerprint density at radius 2 is 1.75 bits per heavy atom. The summed E-state index contributed by atoms with van der Waals surface area (Å²) in [5.41, 5.74) is 1.65. The molecule has 0 aliphatic carbocycles. The van der Waals surface area contributed by atoms with Gasteiger partial charge in [0.25, 0.3) is 10.1 Å². The number of aromatic amines is 1. The summed E-state index contributed by atoms with van der Waals surface area (Å²) in [7, 11) is -4.40. The fourth-order valence-corrected chi connectivity index (χ4v) is 2.85. The first-order valence-corrected chi connectivity index (χ1v) is 6.88. The first-order chi connectivity index (χ1) is 9.07. The van der Waals surface area contributed by atoms with Crippen molar-refractivity contribution in [1.82, 2.24) is 15.4 Å². The molecular weight excluding hydrogens is 374 g/mol. The number of nitrogens with zero attached hydrogens (tertiary/aromatic N) is 2. The minimum Gasteiger partial charge on any atom is -0.282 e. The molecule has 0 spiro atoms. The van der Waals surface area contributed by atoms with Crippen LogP contribution in [0.5, 0.6) is 0 Å². The van der Waals surface area contributed by atoms with E-state index < -0.39 is 10.1 Å². The van der Waals surface area contributed by atoms with Crippen LogP contribution in [0.15, 0.2) is 47.4 Å². The molecule has 0 unspecified atom stereocenters. The van der Waals surface area contributed by atoms with E-state index in [0.29, 0.717) is 16.6 Å². The van der Waals surface area contributed by atoms with Gasteiger partial charge in [-0.25, -0.2) is 0 Å². The molecule has 0 aliphatic heterocycles. The summed E-state index contributed by atoms with van der Waals surface area (Å²) >= 11 is 0. The fraction of sp³-hybridized carbons (Fsp3) is 0. The van der Waals surface area contributed by atoms with E-state index in [1.54, 1.807) is 36.4 Å². The van der Waals surface area contributed by atoms with Crippen molar-refractivity contribution in [2.75, 3.05) is 0 Å². The van der Waals surface area contributed by atoms with E-state index in [9.17, 15) is 13.0 Å². The maximum Gasteiger partial charge on any atom is 0.297 e.